The van der Waals surface area contributed by atoms with Crippen molar-refractivity contribution < 1.29 is 9.50 Å². The van der Waals surface area contributed by atoms with Crippen LogP contribution in [0.5, 0.6) is 0 Å². The molecule has 1 heterocycles. The summed E-state index contributed by atoms with van der Waals surface area (Å²) in [4.78, 5) is 0. The summed E-state index contributed by atoms with van der Waals surface area (Å²) < 4.78 is 13.0. The number of nitrogens with one attached hydrogen (secondary N) is 1. The molecule has 0 radical (unpaired) electrons. The molecule has 1 saturated heterocycles. The van der Waals surface area contributed by atoms with Crippen molar-refractivity contribution in [1.82, 2.24) is 5.32 Å². The maximum absolute atomic E-state index is 13.0. The standard InChI is InChI=1S/C11H14FNO.ClH/c12-10-4-1-3-9(7-10)11(14)5-2-6-13-8-11;/h1,3-4,7,13-14H,2,5-6,8H2;1H. The van der Waals surface area contributed by atoms with Crippen molar-refractivity contribution in [3.63, 3.8) is 0 Å². The smallest absolute Gasteiger partial charge is 0.123 e. The molecule has 2 N–H and O–H groups in total. The first-order valence-corrected chi connectivity index (χ1v) is 4.90. The molecule has 1 atom stereocenters. The van der Waals surface area contributed by atoms with E-state index in [2.05, 4.69) is 5.32 Å². The Morgan fingerprint density at radius 3 is 2.80 bits per heavy atom. The average molecular weight is 232 g/mol. The molecule has 0 amide bonds. The fourth-order valence-electron chi connectivity index (χ4n) is 1.91. The Morgan fingerprint density at radius 1 is 1.40 bits per heavy atom. The zero-order valence-electron chi connectivity index (χ0n) is 8.37. The van der Waals surface area contributed by atoms with Gasteiger partial charge in [-0.1, -0.05) is 12.1 Å². The Kier molecular flexibility index (Phi) is 4.08. The second-order valence-corrected chi connectivity index (χ2v) is 3.82. The fraction of sp³-hybridized carbons (Fsp3) is 0.455. The Hall–Kier alpha value is -0.640. The number of hydrogen-bond donors (Lipinski definition) is 2. The van der Waals surface area contributed by atoms with E-state index in [0.717, 1.165) is 13.0 Å². The lowest BCUT2D eigenvalue weighted by Crippen LogP contribution is -2.43. The molecule has 1 unspecified atom stereocenters. The lowest BCUT2D eigenvalue weighted by atomic mass is 9.87. The third kappa shape index (κ3) is 2.68. The molecule has 0 aliphatic carbocycles. The highest BCUT2D eigenvalue weighted by molar-refractivity contribution is 5.85. The van der Waals surface area contributed by atoms with Crippen LogP contribution in [0.25, 0.3) is 0 Å². The van der Waals surface area contributed by atoms with Gasteiger partial charge in [0.15, 0.2) is 0 Å². The van der Waals surface area contributed by atoms with E-state index in [9.17, 15) is 9.50 Å². The first kappa shape index (κ1) is 12.4. The zero-order valence-corrected chi connectivity index (χ0v) is 9.19. The molecule has 0 saturated carbocycles. The third-order valence-corrected chi connectivity index (χ3v) is 2.72. The summed E-state index contributed by atoms with van der Waals surface area (Å²) in [6, 6.07) is 6.21. The van der Waals surface area contributed by atoms with Gasteiger partial charge in [-0.3, -0.25) is 0 Å². The van der Waals surface area contributed by atoms with Crippen LogP contribution in [0.2, 0.25) is 0 Å². The first-order valence-electron chi connectivity index (χ1n) is 4.90. The Bertz CT molecular complexity index is 326. The highest BCUT2D eigenvalue weighted by Gasteiger charge is 2.31. The van der Waals surface area contributed by atoms with Crippen LogP contribution >= 0.6 is 12.4 Å². The van der Waals surface area contributed by atoms with Gasteiger partial charge in [0.2, 0.25) is 0 Å². The van der Waals surface area contributed by atoms with Crippen molar-refractivity contribution in [2.75, 3.05) is 13.1 Å². The SMILES string of the molecule is Cl.OC1(c2cccc(F)c2)CCCNC1. The molecule has 2 rings (SSSR count). The van der Waals surface area contributed by atoms with Crippen molar-refractivity contribution in [2.45, 2.75) is 18.4 Å². The Morgan fingerprint density at radius 2 is 2.20 bits per heavy atom. The molecule has 0 bridgehead atoms. The first-order chi connectivity index (χ1) is 6.71. The lowest BCUT2D eigenvalue weighted by molar-refractivity contribution is 0.0120. The van der Waals surface area contributed by atoms with Gasteiger partial charge in [0, 0.05) is 6.54 Å². The minimum absolute atomic E-state index is 0. The second kappa shape index (κ2) is 4.92. The number of hydrogen-bond acceptors (Lipinski definition) is 2. The summed E-state index contributed by atoms with van der Waals surface area (Å²) in [5, 5.41) is 13.4. The van der Waals surface area contributed by atoms with Gasteiger partial charge in [-0.15, -0.1) is 12.4 Å². The average Bonchev–Trinajstić information content (AvgIpc) is 2.19. The third-order valence-electron chi connectivity index (χ3n) is 2.72. The molecule has 1 aliphatic heterocycles. The quantitative estimate of drug-likeness (QED) is 0.773. The van der Waals surface area contributed by atoms with E-state index < -0.39 is 5.60 Å². The molecule has 0 aromatic heterocycles. The predicted octanol–water partition coefficient (Wildman–Crippen LogP) is 1.82. The van der Waals surface area contributed by atoms with E-state index in [-0.39, 0.29) is 18.2 Å². The van der Waals surface area contributed by atoms with E-state index in [1.165, 1.54) is 12.1 Å². The van der Waals surface area contributed by atoms with Gasteiger partial charge in [0.05, 0.1) is 0 Å². The lowest BCUT2D eigenvalue weighted by Gasteiger charge is -2.33. The number of β-amino-alcohol motifs (C(OH)–C–C–N with tert-alkyl or cyclic N) is 1. The van der Waals surface area contributed by atoms with Crippen LogP contribution in [0.4, 0.5) is 4.39 Å². The van der Waals surface area contributed by atoms with Gasteiger partial charge in [-0.2, -0.15) is 0 Å². The summed E-state index contributed by atoms with van der Waals surface area (Å²) in [5.74, 6) is -0.290. The topological polar surface area (TPSA) is 32.3 Å². The summed E-state index contributed by atoms with van der Waals surface area (Å²) >= 11 is 0. The Labute approximate surface area is 94.9 Å². The number of halogens is 2. The maximum Gasteiger partial charge on any atom is 0.123 e. The molecule has 2 nitrogen and oxygen atoms in total. The van der Waals surface area contributed by atoms with E-state index in [1.54, 1.807) is 12.1 Å². The number of rotatable bonds is 1. The molecule has 1 aromatic rings. The summed E-state index contributed by atoms with van der Waals surface area (Å²) in [6.45, 7) is 1.44. The van der Waals surface area contributed by atoms with Crippen molar-refractivity contribution in [1.29, 1.82) is 0 Å². The van der Waals surface area contributed by atoms with Gasteiger partial charge in [-0.05, 0) is 37.1 Å². The normalized spacial score (nSPS) is 25.7. The number of piperidine rings is 1. The van der Waals surface area contributed by atoms with Crippen LogP contribution in [0.3, 0.4) is 0 Å². The van der Waals surface area contributed by atoms with Crippen LogP contribution in [0.15, 0.2) is 24.3 Å². The maximum atomic E-state index is 13.0. The van der Waals surface area contributed by atoms with Gasteiger partial charge < -0.3 is 10.4 Å². The van der Waals surface area contributed by atoms with Crippen LogP contribution in [-0.2, 0) is 5.60 Å². The van der Waals surface area contributed by atoms with E-state index in [1.807, 2.05) is 0 Å². The van der Waals surface area contributed by atoms with Gasteiger partial charge >= 0.3 is 0 Å². The highest BCUT2D eigenvalue weighted by Crippen LogP contribution is 2.28. The van der Waals surface area contributed by atoms with Crippen molar-refractivity contribution in [2.24, 2.45) is 0 Å². The fourth-order valence-corrected chi connectivity index (χ4v) is 1.91. The minimum atomic E-state index is -0.889. The van der Waals surface area contributed by atoms with Crippen molar-refractivity contribution >= 4 is 12.4 Å². The van der Waals surface area contributed by atoms with Crippen molar-refractivity contribution in [3.05, 3.63) is 35.6 Å². The number of benzene rings is 1. The summed E-state index contributed by atoms with van der Waals surface area (Å²) in [6.07, 6.45) is 1.62. The second-order valence-electron chi connectivity index (χ2n) is 3.82. The van der Waals surface area contributed by atoms with Crippen LogP contribution in [-0.4, -0.2) is 18.2 Å². The molecule has 1 fully saturated rings. The Balaban J connectivity index is 0.00000112. The van der Waals surface area contributed by atoms with Gasteiger partial charge in [0.1, 0.15) is 11.4 Å². The van der Waals surface area contributed by atoms with E-state index in [4.69, 9.17) is 0 Å². The molecule has 0 spiro atoms. The molecular weight excluding hydrogens is 217 g/mol. The zero-order chi connectivity index (χ0) is 10.0. The number of aliphatic hydroxyl groups is 1. The largest absolute Gasteiger partial charge is 0.384 e. The molecule has 84 valence electrons. The van der Waals surface area contributed by atoms with Crippen LogP contribution in [0, 0.1) is 5.82 Å². The van der Waals surface area contributed by atoms with Crippen LogP contribution < -0.4 is 5.32 Å². The van der Waals surface area contributed by atoms with Gasteiger partial charge in [-0.25, -0.2) is 4.39 Å². The predicted molar refractivity (Wildman–Crippen MR) is 59.6 cm³/mol. The molecular formula is C11H15ClFNO. The highest BCUT2D eigenvalue weighted by atomic mass is 35.5. The summed E-state index contributed by atoms with van der Waals surface area (Å²) in [7, 11) is 0. The molecule has 4 heteroatoms. The van der Waals surface area contributed by atoms with Crippen molar-refractivity contribution in [3.8, 4) is 0 Å². The van der Waals surface area contributed by atoms with Gasteiger partial charge in [0.25, 0.3) is 0 Å². The van der Waals surface area contributed by atoms with Crippen LogP contribution in [0.1, 0.15) is 18.4 Å². The summed E-state index contributed by atoms with van der Waals surface area (Å²) in [5.41, 5.74) is -0.218. The monoisotopic (exact) mass is 231 g/mol. The minimum Gasteiger partial charge on any atom is -0.384 e. The van der Waals surface area contributed by atoms with E-state index in [0.29, 0.717) is 18.5 Å². The molecule has 1 aliphatic rings. The molecule has 1 aromatic carbocycles. The molecule has 15 heavy (non-hydrogen) atoms. The van der Waals surface area contributed by atoms with E-state index >= 15 is 0 Å².